The molecule has 0 spiro atoms. The minimum absolute atomic E-state index is 0.562. The molecule has 20 heavy (non-hydrogen) atoms. The summed E-state index contributed by atoms with van der Waals surface area (Å²) in [5.74, 6) is 0. The van der Waals surface area contributed by atoms with Crippen LogP contribution in [0, 0.1) is 0 Å². The number of benzene rings is 2. The summed E-state index contributed by atoms with van der Waals surface area (Å²) < 4.78 is 0. The van der Waals surface area contributed by atoms with Gasteiger partial charge in [0.2, 0.25) is 0 Å². The lowest BCUT2D eigenvalue weighted by atomic mass is 9.81. The van der Waals surface area contributed by atoms with Gasteiger partial charge in [-0.3, -0.25) is 0 Å². The van der Waals surface area contributed by atoms with Crippen LogP contribution >= 0.6 is 0 Å². The molecule has 0 saturated carbocycles. The highest BCUT2D eigenvalue weighted by Gasteiger charge is 2.35. The Morgan fingerprint density at radius 3 is 2.35 bits per heavy atom. The summed E-state index contributed by atoms with van der Waals surface area (Å²) in [5, 5.41) is 13.5. The first kappa shape index (κ1) is 13.6. The molecule has 2 aromatic carbocycles. The summed E-state index contributed by atoms with van der Waals surface area (Å²) in [6.45, 7) is 6.39. The summed E-state index contributed by atoms with van der Waals surface area (Å²) in [7, 11) is 0. The van der Waals surface area contributed by atoms with Crippen molar-refractivity contribution < 1.29 is 5.11 Å². The average molecular weight is 269 g/mol. The summed E-state index contributed by atoms with van der Waals surface area (Å²) in [4.78, 5) is 2.44. The lowest BCUT2D eigenvalue weighted by Gasteiger charge is -2.40. The van der Waals surface area contributed by atoms with Gasteiger partial charge in [-0.05, 0) is 43.0 Å². The van der Waals surface area contributed by atoms with Gasteiger partial charge in [0.05, 0.1) is 5.60 Å². The zero-order valence-corrected chi connectivity index (χ0v) is 12.3. The SMILES string of the molecule is CC(C)N1CCC(O)(c2cccc3ccccc23)CC1. The number of hydrogen-bond donors (Lipinski definition) is 1. The van der Waals surface area contributed by atoms with E-state index in [1.165, 1.54) is 10.8 Å². The molecule has 0 aliphatic carbocycles. The monoisotopic (exact) mass is 269 g/mol. The van der Waals surface area contributed by atoms with Gasteiger partial charge in [0.15, 0.2) is 0 Å². The van der Waals surface area contributed by atoms with Crippen molar-refractivity contribution in [2.45, 2.75) is 38.3 Å². The Hall–Kier alpha value is -1.38. The minimum Gasteiger partial charge on any atom is -0.385 e. The van der Waals surface area contributed by atoms with Crippen molar-refractivity contribution in [3.8, 4) is 0 Å². The third-order valence-electron chi connectivity index (χ3n) is 4.65. The summed E-state index contributed by atoms with van der Waals surface area (Å²) in [6, 6.07) is 15.2. The van der Waals surface area contributed by atoms with Crippen LogP contribution in [-0.4, -0.2) is 29.1 Å². The highest BCUT2D eigenvalue weighted by Crippen LogP contribution is 2.37. The molecule has 0 radical (unpaired) electrons. The molecule has 0 atom stereocenters. The van der Waals surface area contributed by atoms with E-state index in [2.05, 4.69) is 61.2 Å². The van der Waals surface area contributed by atoms with Crippen LogP contribution in [0.5, 0.6) is 0 Å². The Morgan fingerprint density at radius 1 is 1.00 bits per heavy atom. The van der Waals surface area contributed by atoms with E-state index in [-0.39, 0.29) is 0 Å². The van der Waals surface area contributed by atoms with Gasteiger partial charge in [0.1, 0.15) is 0 Å². The molecule has 1 fully saturated rings. The van der Waals surface area contributed by atoms with Crippen molar-refractivity contribution in [3.05, 3.63) is 48.0 Å². The average Bonchev–Trinajstić information content (AvgIpc) is 2.47. The van der Waals surface area contributed by atoms with Crippen molar-refractivity contribution in [1.29, 1.82) is 0 Å². The lowest BCUT2D eigenvalue weighted by molar-refractivity contribution is -0.0312. The van der Waals surface area contributed by atoms with E-state index in [0.29, 0.717) is 6.04 Å². The summed E-state index contributed by atoms with van der Waals surface area (Å²) >= 11 is 0. The van der Waals surface area contributed by atoms with E-state index in [4.69, 9.17) is 0 Å². The topological polar surface area (TPSA) is 23.5 Å². The second-order valence-electron chi connectivity index (χ2n) is 6.19. The Labute approximate surface area is 121 Å². The predicted octanol–water partition coefficient (Wildman–Crippen LogP) is 3.53. The molecule has 2 aromatic rings. The number of nitrogens with zero attached hydrogens (tertiary/aromatic N) is 1. The predicted molar refractivity (Wildman–Crippen MR) is 83.8 cm³/mol. The zero-order valence-electron chi connectivity index (χ0n) is 12.3. The van der Waals surface area contributed by atoms with Crippen molar-refractivity contribution in [3.63, 3.8) is 0 Å². The highest BCUT2D eigenvalue weighted by molar-refractivity contribution is 5.86. The fourth-order valence-electron chi connectivity index (χ4n) is 3.31. The van der Waals surface area contributed by atoms with Crippen LogP contribution in [-0.2, 0) is 5.60 Å². The Bertz CT molecular complexity index is 592. The molecule has 2 nitrogen and oxygen atoms in total. The van der Waals surface area contributed by atoms with E-state index < -0.39 is 5.60 Å². The van der Waals surface area contributed by atoms with Gasteiger partial charge in [0.25, 0.3) is 0 Å². The number of likely N-dealkylation sites (tertiary alicyclic amines) is 1. The van der Waals surface area contributed by atoms with Crippen LogP contribution in [0.15, 0.2) is 42.5 Å². The lowest BCUT2D eigenvalue weighted by Crippen LogP contribution is -2.45. The maximum Gasteiger partial charge on any atom is 0.0926 e. The van der Waals surface area contributed by atoms with Gasteiger partial charge in [-0.1, -0.05) is 42.5 Å². The second kappa shape index (κ2) is 5.19. The van der Waals surface area contributed by atoms with Crippen LogP contribution in [0.25, 0.3) is 10.8 Å². The molecule has 106 valence electrons. The number of fused-ring (bicyclic) bond motifs is 1. The summed E-state index contributed by atoms with van der Waals surface area (Å²) in [6.07, 6.45) is 1.64. The molecule has 1 heterocycles. The molecule has 1 aliphatic heterocycles. The molecule has 1 N–H and O–H groups in total. The molecule has 3 rings (SSSR count). The standard InChI is InChI=1S/C18H23NO/c1-14(2)19-12-10-18(20,11-13-19)17-9-5-7-15-6-3-4-8-16(15)17/h3-9,14,20H,10-13H2,1-2H3. The minimum atomic E-state index is -0.674. The Balaban J connectivity index is 1.95. The van der Waals surface area contributed by atoms with E-state index in [9.17, 15) is 5.11 Å². The molecule has 0 amide bonds. The first-order chi connectivity index (χ1) is 9.60. The molecular weight excluding hydrogens is 246 g/mol. The molecule has 1 saturated heterocycles. The number of aliphatic hydroxyl groups is 1. The molecule has 2 heteroatoms. The van der Waals surface area contributed by atoms with Crippen LogP contribution < -0.4 is 0 Å². The third kappa shape index (κ3) is 2.34. The van der Waals surface area contributed by atoms with Gasteiger partial charge in [0, 0.05) is 19.1 Å². The molecule has 0 unspecified atom stereocenters. The summed E-state index contributed by atoms with van der Waals surface area (Å²) in [5.41, 5.74) is 0.422. The van der Waals surface area contributed by atoms with Gasteiger partial charge in [-0.15, -0.1) is 0 Å². The van der Waals surface area contributed by atoms with Crippen LogP contribution in [0.4, 0.5) is 0 Å². The molecule has 0 aromatic heterocycles. The Morgan fingerprint density at radius 2 is 1.65 bits per heavy atom. The molecule has 1 aliphatic rings. The molecular formula is C18H23NO. The normalized spacial score (nSPS) is 19.6. The number of rotatable bonds is 2. The zero-order chi connectivity index (χ0) is 14.2. The quantitative estimate of drug-likeness (QED) is 0.901. The highest BCUT2D eigenvalue weighted by atomic mass is 16.3. The van der Waals surface area contributed by atoms with Gasteiger partial charge < -0.3 is 10.0 Å². The molecule has 0 bridgehead atoms. The van der Waals surface area contributed by atoms with E-state index in [1.54, 1.807) is 0 Å². The third-order valence-corrected chi connectivity index (χ3v) is 4.65. The fourth-order valence-corrected chi connectivity index (χ4v) is 3.31. The maximum absolute atomic E-state index is 11.1. The van der Waals surface area contributed by atoms with Crippen molar-refractivity contribution in [2.24, 2.45) is 0 Å². The smallest absolute Gasteiger partial charge is 0.0926 e. The first-order valence-electron chi connectivity index (χ1n) is 7.55. The number of hydrogen-bond acceptors (Lipinski definition) is 2. The largest absolute Gasteiger partial charge is 0.385 e. The van der Waals surface area contributed by atoms with Crippen molar-refractivity contribution >= 4 is 10.8 Å². The van der Waals surface area contributed by atoms with Crippen LogP contribution in [0.2, 0.25) is 0 Å². The number of piperidine rings is 1. The first-order valence-corrected chi connectivity index (χ1v) is 7.55. The van der Waals surface area contributed by atoms with Gasteiger partial charge >= 0.3 is 0 Å². The van der Waals surface area contributed by atoms with E-state index in [0.717, 1.165) is 31.5 Å². The van der Waals surface area contributed by atoms with E-state index in [1.807, 2.05) is 0 Å². The Kier molecular flexibility index (Phi) is 3.53. The van der Waals surface area contributed by atoms with Crippen LogP contribution in [0.3, 0.4) is 0 Å². The van der Waals surface area contributed by atoms with Gasteiger partial charge in [-0.25, -0.2) is 0 Å². The van der Waals surface area contributed by atoms with Crippen molar-refractivity contribution in [2.75, 3.05) is 13.1 Å². The second-order valence-corrected chi connectivity index (χ2v) is 6.19. The van der Waals surface area contributed by atoms with Crippen LogP contribution in [0.1, 0.15) is 32.3 Å². The maximum atomic E-state index is 11.1. The van der Waals surface area contributed by atoms with E-state index >= 15 is 0 Å². The van der Waals surface area contributed by atoms with Crippen molar-refractivity contribution in [1.82, 2.24) is 4.90 Å². The van der Waals surface area contributed by atoms with Gasteiger partial charge in [-0.2, -0.15) is 0 Å². The fraction of sp³-hybridized carbons (Fsp3) is 0.444.